The fourth-order valence-corrected chi connectivity index (χ4v) is 8.94. The molecule has 3 aliphatic rings. The largest absolute Gasteiger partial charge is 0.508 e. The zero-order chi connectivity index (χ0) is 30.1. The molecule has 3 aliphatic carbocycles. The van der Waals surface area contributed by atoms with Crippen LogP contribution in [-0.2, 0) is 22.4 Å². The molecule has 0 aromatic heterocycles. The molecule has 43 heavy (non-hydrogen) atoms. The van der Waals surface area contributed by atoms with Crippen LogP contribution in [0.3, 0.4) is 0 Å². The van der Waals surface area contributed by atoms with Crippen LogP contribution in [0.2, 0.25) is 0 Å². The number of hydrogen-bond donors (Lipinski definition) is 2. The Labute approximate surface area is 255 Å². The molecule has 1 amide bonds. The number of nitrogens with zero attached hydrogens (tertiary/aromatic N) is 1. The molecule has 0 bridgehead atoms. The van der Waals surface area contributed by atoms with Crippen molar-refractivity contribution >= 4 is 16.7 Å². The molecule has 230 valence electrons. The molecule has 3 aromatic rings. The highest BCUT2D eigenvalue weighted by atomic mass is 19.1. The van der Waals surface area contributed by atoms with Crippen molar-refractivity contribution in [2.75, 3.05) is 26.8 Å². The minimum Gasteiger partial charge on any atom is -0.508 e. The molecule has 5 nitrogen and oxygen atoms in total. The summed E-state index contributed by atoms with van der Waals surface area (Å²) in [6.07, 6.45) is 4.61. The number of halogens is 1. The van der Waals surface area contributed by atoms with Crippen molar-refractivity contribution in [2.45, 2.75) is 76.5 Å². The van der Waals surface area contributed by atoms with E-state index in [0.29, 0.717) is 38.5 Å². The maximum atomic E-state index is 16.1. The standard InChI is InChI=1S/C37H46FNO4/c1-37-23-32(38)36-30-13-12-29(40)22-28(30)21-27(35(36)31(37)14-15-33(37)41)9-5-6-16-39(17-18-43-2)34(42)20-24-10-11-25-7-3-4-8-26(25)19-24/h3-4,7-8,10-13,19,22,27,31-33,35-36,40-41H,5-6,9,14-18,20-21,23H2,1-2H3/t27?,31?,32?,33?,35?,36?,37-/m0/s1. The van der Waals surface area contributed by atoms with E-state index in [-0.39, 0.29) is 34.8 Å². The number of ether oxygens (including phenoxy) is 1. The number of benzene rings is 3. The third-order valence-corrected chi connectivity index (χ3v) is 11.1. The Kier molecular flexibility index (Phi) is 8.79. The van der Waals surface area contributed by atoms with E-state index in [4.69, 9.17) is 4.74 Å². The van der Waals surface area contributed by atoms with Gasteiger partial charge in [-0.1, -0.05) is 61.9 Å². The molecular formula is C37H46FNO4. The number of aliphatic hydroxyl groups is 1. The van der Waals surface area contributed by atoms with Crippen LogP contribution in [0.15, 0.2) is 60.7 Å². The predicted molar refractivity (Wildman–Crippen MR) is 168 cm³/mol. The average molecular weight is 588 g/mol. The molecular weight excluding hydrogens is 541 g/mol. The van der Waals surface area contributed by atoms with Crippen molar-refractivity contribution in [3.63, 3.8) is 0 Å². The molecule has 0 saturated heterocycles. The Morgan fingerprint density at radius 1 is 1.05 bits per heavy atom. The molecule has 7 atom stereocenters. The van der Waals surface area contributed by atoms with E-state index in [0.717, 1.165) is 60.6 Å². The minimum atomic E-state index is -0.998. The zero-order valence-electron chi connectivity index (χ0n) is 25.6. The Bertz CT molecular complexity index is 1440. The van der Waals surface area contributed by atoms with E-state index in [1.54, 1.807) is 13.2 Å². The number of carbonyl (C=O) groups excluding carboxylic acids is 1. The van der Waals surface area contributed by atoms with Crippen LogP contribution in [0, 0.1) is 23.2 Å². The Balaban J connectivity index is 1.14. The van der Waals surface area contributed by atoms with Crippen molar-refractivity contribution in [1.29, 1.82) is 0 Å². The summed E-state index contributed by atoms with van der Waals surface area (Å²) < 4.78 is 21.4. The van der Waals surface area contributed by atoms with E-state index in [1.807, 2.05) is 35.2 Å². The van der Waals surface area contributed by atoms with Crippen LogP contribution in [0.4, 0.5) is 4.39 Å². The number of rotatable bonds is 10. The van der Waals surface area contributed by atoms with Gasteiger partial charge in [-0.15, -0.1) is 0 Å². The Hall–Kier alpha value is -2.96. The number of phenolic OH excluding ortho intramolecular Hbond substituents is 1. The number of aromatic hydroxyl groups is 1. The number of fused-ring (bicyclic) bond motifs is 6. The third kappa shape index (κ3) is 5.93. The van der Waals surface area contributed by atoms with E-state index < -0.39 is 12.3 Å². The lowest BCUT2D eigenvalue weighted by molar-refractivity contribution is -0.131. The van der Waals surface area contributed by atoms with E-state index >= 15 is 4.39 Å². The first kappa shape index (κ1) is 30.1. The van der Waals surface area contributed by atoms with Gasteiger partial charge < -0.3 is 19.8 Å². The molecule has 2 saturated carbocycles. The van der Waals surface area contributed by atoms with Crippen molar-refractivity contribution in [3.8, 4) is 5.75 Å². The van der Waals surface area contributed by atoms with Crippen molar-refractivity contribution in [1.82, 2.24) is 4.90 Å². The topological polar surface area (TPSA) is 70.0 Å². The predicted octanol–water partition coefficient (Wildman–Crippen LogP) is 6.82. The molecule has 2 N–H and O–H groups in total. The van der Waals surface area contributed by atoms with E-state index in [1.165, 1.54) is 5.39 Å². The summed E-state index contributed by atoms with van der Waals surface area (Å²) in [5, 5.41) is 23.5. The number of aliphatic hydroxyl groups excluding tert-OH is 1. The lowest BCUT2D eigenvalue weighted by Gasteiger charge is -2.54. The number of methoxy groups -OCH3 is 1. The molecule has 6 unspecified atom stereocenters. The highest BCUT2D eigenvalue weighted by Gasteiger charge is 2.59. The fourth-order valence-electron chi connectivity index (χ4n) is 8.94. The van der Waals surface area contributed by atoms with Crippen LogP contribution >= 0.6 is 0 Å². The zero-order valence-corrected chi connectivity index (χ0v) is 25.6. The van der Waals surface area contributed by atoms with Crippen LogP contribution < -0.4 is 0 Å². The quantitative estimate of drug-likeness (QED) is 0.255. The number of carbonyl (C=O) groups is 1. The second-order valence-corrected chi connectivity index (χ2v) is 13.6. The maximum Gasteiger partial charge on any atom is 0.227 e. The molecule has 0 radical (unpaired) electrons. The van der Waals surface area contributed by atoms with Crippen molar-refractivity contribution in [2.24, 2.45) is 23.2 Å². The molecule has 2 fully saturated rings. The minimum absolute atomic E-state index is 0.109. The first-order valence-electron chi connectivity index (χ1n) is 16.2. The molecule has 6 rings (SSSR count). The highest BCUT2D eigenvalue weighted by Crippen LogP contribution is 2.63. The summed E-state index contributed by atoms with van der Waals surface area (Å²) in [6, 6.07) is 19.9. The number of amides is 1. The maximum absolute atomic E-state index is 16.1. The lowest BCUT2D eigenvalue weighted by atomic mass is 9.51. The normalized spacial score (nSPS) is 29.6. The van der Waals surface area contributed by atoms with Crippen molar-refractivity contribution in [3.05, 3.63) is 77.4 Å². The van der Waals surface area contributed by atoms with Crippen LogP contribution in [-0.4, -0.2) is 60.1 Å². The summed E-state index contributed by atoms with van der Waals surface area (Å²) in [5.74, 6) is 0.933. The highest BCUT2D eigenvalue weighted by molar-refractivity contribution is 5.85. The number of phenols is 1. The number of alkyl halides is 1. The summed E-state index contributed by atoms with van der Waals surface area (Å²) in [4.78, 5) is 15.3. The van der Waals surface area contributed by atoms with Gasteiger partial charge in [-0.3, -0.25) is 4.79 Å². The second kappa shape index (κ2) is 12.6. The SMILES string of the molecule is COCCN(CCCCC1Cc2cc(O)ccc2C2C(F)C[C@]3(C)C(O)CCC3C12)C(=O)Cc1ccc2ccccc2c1. The summed E-state index contributed by atoms with van der Waals surface area (Å²) >= 11 is 0. The van der Waals surface area contributed by atoms with Gasteiger partial charge in [0.05, 0.1) is 19.1 Å². The van der Waals surface area contributed by atoms with Gasteiger partial charge in [-0.2, -0.15) is 0 Å². The fraction of sp³-hybridized carbons (Fsp3) is 0.541. The molecule has 6 heteroatoms. The molecule has 0 aliphatic heterocycles. The van der Waals surface area contributed by atoms with Gasteiger partial charge in [0.1, 0.15) is 11.9 Å². The number of hydrogen-bond acceptors (Lipinski definition) is 4. The van der Waals surface area contributed by atoms with Gasteiger partial charge in [0, 0.05) is 26.1 Å². The first-order valence-corrected chi connectivity index (χ1v) is 16.2. The Morgan fingerprint density at radius 3 is 2.67 bits per heavy atom. The van der Waals surface area contributed by atoms with Gasteiger partial charge in [-0.05, 0) is 101 Å². The van der Waals surface area contributed by atoms with Gasteiger partial charge in [-0.25, -0.2) is 4.39 Å². The average Bonchev–Trinajstić information content (AvgIpc) is 3.29. The summed E-state index contributed by atoms with van der Waals surface area (Å²) in [7, 11) is 1.66. The van der Waals surface area contributed by atoms with E-state index in [9.17, 15) is 15.0 Å². The second-order valence-electron chi connectivity index (χ2n) is 13.6. The van der Waals surface area contributed by atoms with Crippen LogP contribution in [0.25, 0.3) is 10.8 Å². The summed E-state index contributed by atoms with van der Waals surface area (Å²) in [6.45, 7) is 3.83. The lowest BCUT2D eigenvalue weighted by Crippen LogP contribution is -2.51. The van der Waals surface area contributed by atoms with Crippen molar-refractivity contribution < 1.29 is 24.1 Å². The number of unbranched alkanes of at least 4 members (excludes halogenated alkanes) is 1. The van der Waals surface area contributed by atoms with Crippen LogP contribution in [0.1, 0.15) is 68.1 Å². The van der Waals surface area contributed by atoms with Gasteiger partial charge >= 0.3 is 0 Å². The smallest absolute Gasteiger partial charge is 0.227 e. The van der Waals surface area contributed by atoms with Crippen LogP contribution in [0.5, 0.6) is 5.75 Å². The summed E-state index contributed by atoms with van der Waals surface area (Å²) in [5.41, 5.74) is 2.77. The van der Waals surface area contributed by atoms with Gasteiger partial charge in [0.2, 0.25) is 5.91 Å². The Morgan fingerprint density at radius 2 is 1.86 bits per heavy atom. The molecule has 3 aromatic carbocycles. The molecule has 0 spiro atoms. The van der Waals surface area contributed by atoms with Gasteiger partial charge in [0.15, 0.2) is 0 Å². The first-order chi connectivity index (χ1) is 20.8. The molecule has 0 heterocycles. The van der Waals surface area contributed by atoms with Gasteiger partial charge in [0.25, 0.3) is 0 Å². The third-order valence-electron chi connectivity index (χ3n) is 11.1. The van der Waals surface area contributed by atoms with E-state index in [2.05, 4.69) is 31.2 Å². The monoisotopic (exact) mass is 587 g/mol.